The molecule has 0 radical (unpaired) electrons. The highest BCUT2D eigenvalue weighted by atomic mass is 31.2. The summed E-state index contributed by atoms with van der Waals surface area (Å²) < 4.78 is 15.3. The first kappa shape index (κ1) is 17.6. The molecule has 0 spiro atoms. The standard InChI is InChI=1S/C20H22NO3P/c1-19(2)17(22)21(18(23)20(19,3)4)25(24,15-11-7-5-8-12-15)16-13-9-6-10-14-16/h5-14H,1-4H3. The van der Waals surface area contributed by atoms with Crippen molar-refractivity contribution in [2.45, 2.75) is 27.7 Å². The lowest BCUT2D eigenvalue weighted by atomic mass is 9.70. The van der Waals surface area contributed by atoms with E-state index >= 15 is 0 Å². The fourth-order valence-corrected chi connectivity index (χ4v) is 5.98. The number of benzene rings is 2. The molecule has 25 heavy (non-hydrogen) atoms. The molecule has 4 nitrogen and oxygen atoms in total. The average molecular weight is 355 g/mol. The topological polar surface area (TPSA) is 54.5 Å². The predicted octanol–water partition coefficient (Wildman–Crippen LogP) is 3.34. The van der Waals surface area contributed by atoms with Gasteiger partial charge >= 0.3 is 0 Å². The van der Waals surface area contributed by atoms with E-state index in [1.807, 2.05) is 12.1 Å². The van der Waals surface area contributed by atoms with Gasteiger partial charge in [0.25, 0.3) is 0 Å². The molecule has 1 aliphatic rings. The van der Waals surface area contributed by atoms with Crippen LogP contribution in [0.2, 0.25) is 0 Å². The third-order valence-corrected chi connectivity index (χ3v) is 8.43. The molecule has 2 aromatic carbocycles. The van der Waals surface area contributed by atoms with E-state index in [2.05, 4.69) is 0 Å². The molecule has 1 heterocycles. The van der Waals surface area contributed by atoms with Crippen molar-refractivity contribution < 1.29 is 14.2 Å². The summed E-state index contributed by atoms with van der Waals surface area (Å²) in [5.41, 5.74) is -1.85. The SMILES string of the molecule is CC1(C)C(=O)N(P(=O)(c2ccccc2)c2ccccc2)C(=O)C1(C)C. The summed E-state index contributed by atoms with van der Waals surface area (Å²) in [6.45, 7) is 6.97. The van der Waals surface area contributed by atoms with Gasteiger partial charge in [0.2, 0.25) is 19.1 Å². The van der Waals surface area contributed by atoms with E-state index in [9.17, 15) is 14.2 Å². The molecular weight excluding hydrogens is 333 g/mol. The lowest BCUT2D eigenvalue weighted by Crippen LogP contribution is -2.38. The van der Waals surface area contributed by atoms with Crippen LogP contribution in [0.1, 0.15) is 27.7 Å². The minimum absolute atomic E-state index is 0.390. The van der Waals surface area contributed by atoms with Crippen molar-refractivity contribution in [2.24, 2.45) is 10.8 Å². The van der Waals surface area contributed by atoms with Crippen molar-refractivity contribution in [3.8, 4) is 0 Å². The fourth-order valence-electron chi connectivity index (χ4n) is 3.05. The van der Waals surface area contributed by atoms with Crippen LogP contribution in [0.3, 0.4) is 0 Å². The Bertz CT molecular complexity index is 803. The number of hydrogen-bond acceptors (Lipinski definition) is 3. The highest BCUT2D eigenvalue weighted by Gasteiger charge is 2.63. The molecule has 130 valence electrons. The van der Waals surface area contributed by atoms with E-state index < -0.39 is 29.9 Å². The van der Waals surface area contributed by atoms with E-state index in [-0.39, 0.29) is 0 Å². The summed E-state index contributed by atoms with van der Waals surface area (Å²) in [6, 6.07) is 17.6. The second kappa shape index (κ2) is 5.67. The highest BCUT2D eigenvalue weighted by molar-refractivity contribution is 7.77. The van der Waals surface area contributed by atoms with Gasteiger partial charge in [-0.2, -0.15) is 0 Å². The summed E-state index contributed by atoms with van der Waals surface area (Å²) in [5, 5.41) is 0.966. The van der Waals surface area contributed by atoms with E-state index in [1.54, 1.807) is 76.2 Å². The molecule has 0 N–H and O–H groups in total. The van der Waals surface area contributed by atoms with E-state index in [0.717, 1.165) is 4.67 Å². The second-order valence-electron chi connectivity index (χ2n) is 7.42. The molecule has 0 bridgehead atoms. The Hall–Kier alpha value is -2.19. The Morgan fingerprint density at radius 1 is 0.680 bits per heavy atom. The van der Waals surface area contributed by atoms with Crippen LogP contribution in [0.4, 0.5) is 0 Å². The van der Waals surface area contributed by atoms with Gasteiger partial charge in [-0.05, 0) is 52.0 Å². The highest BCUT2D eigenvalue weighted by Crippen LogP contribution is 2.59. The van der Waals surface area contributed by atoms with Crippen LogP contribution < -0.4 is 10.6 Å². The van der Waals surface area contributed by atoms with E-state index in [4.69, 9.17) is 0 Å². The van der Waals surface area contributed by atoms with Crippen molar-refractivity contribution in [1.82, 2.24) is 4.67 Å². The van der Waals surface area contributed by atoms with Crippen molar-refractivity contribution in [2.75, 3.05) is 0 Å². The van der Waals surface area contributed by atoms with Gasteiger partial charge in [-0.25, -0.2) is 4.67 Å². The molecule has 0 unspecified atom stereocenters. The molecule has 2 aromatic rings. The lowest BCUT2D eigenvalue weighted by Gasteiger charge is -2.28. The zero-order valence-corrected chi connectivity index (χ0v) is 15.8. The first-order valence-electron chi connectivity index (χ1n) is 8.26. The predicted molar refractivity (Wildman–Crippen MR) is 99.2 cm³/mol. The minimum Gasteiger partial charge on any atom is -0.289 e. The van der Waals surface area contributed by atoms with Crippen molar-refractivity contribution in [3.05, 3.63) is 60.7 Å². The normalized spacial score (nSPS) is 19.3. The van der Waals surface area contributed by atoms with Gasteiger partial charge in [0.1, 0.15) is 0 Å². The summed E-state index contributed by atoms with van der Waals surface area (Å²) in [4.78, 5) is 26.4. The quantitative estimate of drug-likeness (QED) is 0.627. The fraction of sp³-hybridized carbons (Fsp3) is 0.300. The number of imide groups is 1. The van der Waals surface area contributed by atoms with Crippen LogP contribution in [0, 0.1) is 10.8 Å². The molecule has 5 heteroatoms. The molecule has 0 saturated carbocycles. The Balaban J connectivity index is 2.30. The van der Waals surface area contributed by atoms with Gasteiger partial charge in [-0.1, -0.05) is 36.4 Å². The van der Waals surface area contributed by atoms with Gasteiger partial charge in [0.15, 0.2) is 0 Å². The van der Waals surface area contributed by atoms with Gasteiger partial charge in [0.05, 0.1) is 10.8 Å². The third kappa shape index (κ3) is 2.31. The van der Waals surface area contributed by atoms with Crippen molar-refractivity contribution in [1.29, 1.82) is 0 Å². The Labute approximate surface area is 148 Å². The maximum atomic E-state index is 14.3. The molecule has 0 atom stereocenters. The second-order valence-corrected chi connectivity index (χ2v) is 10.0. The minimum atomic E-state index is -3.61. The zero-order valence-electron chi connectivity index (χ0n) is 14.9. The molecule has 1 fully saturated rings. The summed E-state index contributed by atoms with van der Waals surface area (Å²) in [5.74, 6) is -0.780. The van der Waals surface area contributed by atoms with Crippen LogP contribution in [0.15, 0.2) is 60.7 Å². The van der Waals surface area contributed by atoms with Gasteiger partial charge in [-0.15, -0.1) is 0 Å². The number of carbonyl (C=O) groups is 2. The average Bonchev–Trinajstić information content (AvgIpc) is 2.73. The summed E-state index contributed by atoms with van der Waals surface area (Å²) >= 11 is 0. The van der Waals surface area contributed by atoms with Crippen LogP contribution >= 0.6 is 7.29 Å². The maximum absolute atomic E-state index is 14.3. The lowest BCUT2D eigenvalue weighted by molar-refractivity contribution is -0.135. The smallest absolute Gasteiger partial charge is 0.242 e. The Morgan fingerprint density at radius 3 is 1.32 bits per heavy atom. The van der Waals surface area contributed by atoms with Crippen LogP contribution in [0.5, 0.6) is 0 Å². The summed E-state index contributed by atoms with van der Waals surface area (Å²) in [6.07, 6.45) is 0. The van der Waals surface area contributed by atoms with E-state index in [1.165, 1.54) is 0 Å². The number of nitrogens with zero attached hydrogens (tertiary/aromatic N) is 1. The van der Waals surface area contributed by atoms with Crippen LogP contribution in [-0.2, 0) is 14.2 Å². The molecule has 0 aliphatic carbocycles. The number of amides is 2. The Morgan fingerprint density at radius 2 is 1.00 bits per heavy atom. The van der Waals surface area contributed by atoms with E-state index in [0.29, 0.717) is 10.6 Å². The molecule has 2 amide bonds. The van der Waals surface area contributed by atoms with Crippen molar-refractivity contribution in [3.63, 3.8) is 0 Å². The van der Waals surface area contributed by atoms with Crippen LogP contribution in [0.25, 0.3) is 0 Å². The molecule has 0 aromatic heterocycles. The Kier molecular flexibility index (Phi) is 4.00. The first-order valence-corrected chi connectivity index (χ1v) is 9.92. The summed E-state index contributed by atoms with van der Waals surface area (Å²) in [7, 11) is -3.61. The maximum Gasteiger partial charge on any atom is 0.242 e. The first-order chi connectivity index (χ1) is 11.6. The monoisotopic (exact) mass is 355 g/mol. The number of carbonyl (C=O) groups excluding carboxylic acids is 2. The van der Waals surface area contributed by atoms with Crippen molar-refractivity contribution >= 4 is 29.7 Å². The third-order valence-electron chi connectivity index (χ3n) is 5.51. The zero-order chi connectivity index (χ0) is 18.5. The number of rotatable bonds is 3. The molecule has 1 aliphatic heterocycles. The molecule has 1 saturated heterocycles. The number of hydrogen-bond donors (Lipinski definition) is 0. The molecule has 3 rings (SSSR count). The van der Waals surface area contributed by atoms with Gasteiger partial charge < -0.3 is 0 Å². The van der Waals surface area contributed by atoms with Crippen LogP contribution in [-0.4, -0.2) is 16.5 Å². The molecular formula is C20H22NO3P. The van der Waals surface area contributed by atoms with Gasteiger partial charge in [0, 0.05) is 10.6 Å². The largest absolute Gasteiger partial charge is 0.289 e. The van der Waals surface area contributed by atoms with Gasteiger partial charge in [-0.3, -0.25) is 14.2 Å².